The van der Waals surface area contributed by atoms with E-state index < -0.39 is 15.9 Å². The molecule has 9 heteroatoms. The van der Waals surface area contributed by atoms with Crippen molar-refractivity contribution in [2.75, 3.05) is 13.2 Å². The molecule has 1 unspecified atom stereocenters. The van der Waals surface area contributed by atoms with Crippen molar-refractivity contribution in [3.8, 4) is 0 Å². The lowest BCUT2D eigenvalue weighted by Crippen LogP contribution is -2.36. The molecule has 21 heavy (non-hydrogen) atoms. The first-order chi connectivity index (χ1) is 9.66. The number of hydrogen-bond acceptors (Lipinski definition) is 4. The predicted octanol–water partition coefficient (Wildman–Crippen LogP) is 1.80. The lowest BCUT2D eigenvalue weighted by Gasteiger charge is -2.15. The molecular formula is C12H16Cl2N2O4S. The molecule has 0 aromatic heterocycles. The van der Waals surface area contributed by atoms with Crippen molar-refractivity contribution >= 4 is 39.1 Å². The van der Waals surface area contributed by atoms with E-state index >= 15 is 0 Å². The van der Waals surface area contributed by atoms with Crippen LogP contribution in [0.15, 0.2) is 17.0 Å². The van der Waals surface area contributed by atoms with Crippen LogP contribution in [0.4, 0.5) is 0 Å². The second-order valence-electron chi connectivity index (χ2n) is 4.34. The number of halogens is 2. The van der Waals surface area contributed by atoms with Gasteiger partial charge in [-0.1, -0.05) is 23.2 Å². The number of sulfonamides is 1. The van der Waals surface area contributed by atoms with Gasteiger partial charge in [0, 0.05) is 17.7 Å². The van der Waals surface area contributed by atoms with Gasteiger partial charge in [-0.2, -0.15) is 0 Å². The number of rotatable bonds is 6. The summed E-state index contributed by atoms with van der Waals surface area (Å²) in [7, 11) is -4.08. The van der Waals surface area contributed by atoms with Gasteiger partial charge in [0.15, 0.2) is 0 Å². The minimum Gasteiger partial charge on any atom is -0.380 e. The minimum atomic E-state index is -4.08. The maximum absolute atomic E-state index is 12.1. The summed E-state index contributed by atoms with van der Waals surface area (Å²) >= 11 is 11.7. The number of ether oxygens (including phenoxy) is 1. The van der Waals surface area contributed by atoms with Gasteiger partial charge in [-0.05, 0) is 26.0 Å². The Morgan fingerprint density at radius 3 is 2.57 bits per heavy atom. The van der Waals surface area contributed by atoms with Gasteiger partial charge in [-0.3, -0.25) is 4.79 Å². The number of amides is 1. The Kier molecular flexibility index (Phi) is 6.42. The lowest BCUT2D eigenvalue weighted by atomic mass is 10.2. The van der Waals surface area contributed by atoms with Crippen LogP contribution < -0.4 is 10.5 Å². The Morgan fingerprint density at radius 2 is 2.05 bits per heavy atom. The molecule has 1 rings (SSSR count). The average Bonchev–Trinajstić information content (AvgIpc) is 2.37. The fraction of sp³-hybridized carbons (Fsp3) is 0.417. The Bertz CT molecular complexity index is 634. The van der Waals surface area contributed by atoms with E-state index in [1.165, 1.54) is 6.07 Å². The van der Waals surface area contributed by atoms with Gasteiger partial charge in [0.25, 0.3) is 5.91 Å². The number of carbonyl (C=O) groups excluding carboxylic acids is 1. The second-order valence-corrected chi connectivity index (χ2v) is 6.69. The SMILES string of the molecule is CCOCC(C)NC(=O)c1cc(Cl)cc(S(N)(=O)=O)c1Cl. The molecule has 0 radical (unpaired) electrons. The molecule has 118 valence electrons. The van der Waals surface area contributed by atoms with Crippen LogP contribution in [0.1, 0.15) is 24.2 Å². The van der Waals surface area contributed by atoms with Gasteiger partial charge in [-0.25, -0.2) is 13.6 Å². The molecule has 0 fully saturated rings. The first-order valence-electron chi connectivity index (χ1n) is 6.07. The van der Waals surface area contributed by atoms with Crippen LogP contribution >= 0.6 is 23.2 Å². The summed E-state index contributed by atoms with van der Waals surface area (Å²) < 4.78 is 28.0. The van der Waals surface area contributed by atoms with E-state index in [1.54, 1.807) is 6.92 Å². The molecule has 0 aliphatic carbocycles. The van der Waals surface area contributed by atoms with Crippen molar-refractivity contribution in [1.29, 1.82) is 0 Å². The molecule has 1 atom stereocenters. The van der Waals surface area contributed by atoms with Gasteiger partial charge in [0.2, 0.25) is 10.0 Å². The Morgan fingerprint density at radius 1 is 1.43 bits per heavy atom. The van der Waals surface area contributed by atoms with E-state index in [4.69, 9.17) is 33.1 Å². The summed E-state index contributed by atoms with van der Waals surface area (Å²) in [5.74, 6) is -0.556. The number of hydrogen-bond donors (Lipinski definition) is 2. The molecule has 0 saturated heterocycles. The third-order valence-electron chi connectivity index (χ3n) is 2.50. The predicted molar refractivity (Wildman–Crippen MR) is 81.3 cm³/mol. The van der Waals surface area contributed by atoms with E-state index in [1.807, 2.05) is 6.92 Å². The first-order valence-corrected chi connectivity index (χ1v) is 8.37. The van der Waals surface area contributed by atoms with Crippen LogP contribution in [0.3, 0.4) is 0 Å². The largest absolute Gasteiger partial charge is 0.380 e. The molecule has 0 spiro atoms. The Balaban J connectivity index is 3.08. The van der Waals surface area contributed by atoms with Crippen LogP contribution in [0, 0.1) is 0 Å². The maximum Gasteiger partial charge on any atom is 0.253 e. The number of carbonyl (C=O) groups is 1. The molecule has 1 aromatic carbocycles. The van der Waals surface area contributed by atoms with E-state index in [9.17, 15) is 13.2 Å². The van der Waals surface area contributed by atoms with Gasteiger partial charge < -0.3 is 10.1 Å². The van der Waals surface area contributed by atoms with Crippen molar-refractivity contribution in [2.45, 2.75) is 24.8 Å². The monoisotopic (exact) mass is 354 g/mol. The summed E-state index contributed by atoms with van der Waals surface area (Å²) in [6, 6.07) is 2.10. The van der Waals surface area contributed by atoms with E-state index in [-0.39, 0.29) is 26.5 Å². The molecule has 1 aromatic rings. The van der Waals surface area contributed by atoms with Crippen molar-refractivity contribution in [3.63, 3.8) is 0 Å². The highest BCUT2D eigenvalue weighted by atomic mass is 35.5. The normalized spacial score (nSPS) is 13.0. The highest BCUT2D eigenvalue weighted by Gasteiger charge is 2.22. The Hall–Kier alpha value is -0.860. The number of nitrogens with one attached hydrogen (secondary N) is 1. The topological polar surface area (TPSA) is 98.5 Å². The molecule has 0 saturated carbocycles. The zero-order valence-corrected chi connectivity index (χ0v) is 13.8. The van der Waals surface area contributed by atoms with E-state index in [2.05, 4.69) is 5.32 Å². The summed E-state index contributed by atoms with van der Waals surface area (Å²) in [5.41, 5.74) is -0.0588. The van der Waals surface area contributed by atoms with Crippen molar-refractivity contribution in [2.24, 2.45) is 5.14 Å². The fourth-order valence-electron chi connectivity index (χ4n) is 1.57. The third-order valence-corrected chi connectivity index (χ3v) is 4.18. The molecule has 3 N–H and O–H groups in total. The molecule has 0 heterocycles. The van der Waals surface area contributed by atoms with Crippen LogP contribution in [-0.2, 0) is 14.8 Å². The molecular weight excluding hydrogens is 339 g/mol. The zero-order chi connectivity index (χ0) is 16.2. The van der Waals surface area contributed by atoms with Crippen molar-refractivity contribution < 1.29 is 17.9 Å². The average molecular weight is 355 g/mol. The van der Waals surface area contributed by atoms with Crippen LogP contribution in [0.25, 0.3) is 0 Å². The summed E-state index contributed by atoms with van der Waals surface area (Å²) in [6.07, 6.45) is 0. The smallest absolute Gasteiger partial charge is 0.253 e. The highest BCUT2D eigenvalue weighted by Crippen LogP contribution is 2.28. The number of benzene rings is 1. The van der Waals surface area contributed by atoms with Gasteiger partial charge in [0.05, 0.1) is 17.2 Å². The first kappa shape index (κ1) is 18.2. The molecule has 6 nitrogen and oxygen atoms in total. The zero-order valence-electron chi connectivity index (χ0n) is 11.5. The third kappa shape index (κ3) is 5.12. The highest BCUT2D eigenvalue weighted by molar-refractivity contribution is 7.89. The van der Waals surface area contributed by atoms with E-state index in [0.717, 1.165) is 6.07 Å². The molecule has 0 aliphatic heterocycles. The number of nitrogens with two attached hydrogens (primary N) is 1. The molecule has 0 bridgehead atoms. The van der Waals surface area contributed by atoms with Crippen molar-refractivity contribution in [1.82, 2.24) is 5.32 Å². The van der Waals surface area contributed by atoms with Crippen LogP contribution in [-0.4, -0.2) is 33.6 Å². The second kappa shape index (κ2) is 7.42. The molecule has 0 aliphatic rings. The van der Waals surface area contributed by atoms with Crippen LogP contribution in [0.5, 0.6) is 0 Å². The van der Waals surface area contributed by atoms with Gasteiger partial charge in [0.1, 0.15) is 4.90 Å². The standard InChI is InChI=1S/C12H16Cl2N2O4S/c1-3-20-6-7(2)16-12(17)9-4-8(13)5-10(11(9)14)21(15,18)19/h4-5,7H,3,6H2,1-2H3,(H,16,17)(H2,15,18,19). The van der Waals surface area contributed by atoms with E-state index in [0.29, 0.717) is 13.2 Å². The summed E-state index contributed by atoms with van der Waals surface area (Å²) in [4.78, 5) is 11.7. The maximum atomic E-state index is 12.1. The number of primary sulfonamides is 1. The quantitative estimate of drug-likeness (QED) is 0.813. The van der Waals surface area contributed by atoms with Gasteiger partial charge in [-0.15, -0.1) is 0 Å². The summed E-state index contributed by atoms with van der Waals surface area (Å²) in [6.45, 7) is 4.42. The van der Waals surface area contributed by atoms with Crippen LogP contribution in [0.2, 0.25) is 10.0 Å². The Labute approximate surface area is 133 Å². The van der Waals surface area contributed by atoms with Gasteiger partial charge >= 0.3 is 0 Å². The molecule has 1 amide bonds. The minimum absolute atomic E-state index is 0.0473. The van der Waals surface area contributed by atoms with Crippen molar-refractivity contribution in [3.05, 3.63) is 27.7 Å². The lowest BCUT2D eigenvalue weighted by molar-refractivity contribution is 0.0872. The fourth-order valence-corrected chi connectivity index (χ4v) is 3.03. The summed E-state index contributed by atoms with van der Waals surface area (Å²) in [5, 5.41) is 7.46.